The molecule has 0 amide bonds. The minimum Gasteiger partial charge on any atom is -0.485 e. The summed E-state index contributed by atoms with van der Waals surface area (Å²) in [5.74, 6) is 1.86. The summed E-state index contributed by atoms with van der Waals surface area (Å²) < 4.78 is 24.8. The van der Waals surface area contributed by atoms with Crippen LogP contribution in [0.5, 0.6) is 5.75 Å². The maximum absolute atomic E-state index is 14.0. The van der Waals surface area contributed by atoms with Crippen molar-refractivity contribution >= 4 is 28.5 Å². The molecular formula is C35H37FN4OS. The highest BCUT2D eigenvalue weighted by Gasteiger charge is 2.29. The number of benzene rings is 3. The second kappa shape index (κ2) is 11.4. The van der Waals surface area contributed by atoms with Crippen molar-refractivity contribution in [1.29, 1.82) is 0 Å². The number of thiocarbonyl (C=S) groups is 1. The lowest BCUT2D eigenvalue weighted by Gasteiger charge is -2.15. The molecule has 0 bridgehead atoms. The average Bonchev–Trinajstić information content (AvgIpc) is 3.36. The molecule has 0 radical (unpaired) electrons. The van der Waals surface area contributed by atoms with Crippen molar-refractivity contribution in [2.75, 3.05) is 5.32 Å². The predicted octanol–water partition coefficient (Wildman–Crippen LogP) is 8.69. The zero-order valence-electron chi connectivity index (χ0n) is 24.9. The van der Waals surface area contributed by atoms with E-state index in [1.165, 1.54) is 39.9 Å². The first-order valence-corrected chi connectivity index (χ1v) is 15.1. The second-order valence-electron chi connectivity index (χ2n) is 11.7. The van der Waals surface area contributed by atoms with Crippen LogP contribution in [0.4, 0.5) is 10.1 Å². The standard InChI is InChI=1S/C35H37FN4OS/c1-21(2)28-16-9-22(3)18-30(28)41-20-31-38-40-33(34(42)37-27-15-10-23(4)24(5)19-27)32(25-11-13-26(36)14-12-25)29-8-6-7-17-39(31)35(29)40/h9-16,18-19,21H,6-8,17,20H2,1-5H3,(H,37,42). The molecule has 0 spiro atoms. The monoisotopic (exact) mass is 580 g/mol. The van der Waals surface area contributed by atoms with E-state index in [2.05, 4.69) is 74.8 Å². The first-order valence-electron chi connectivity index (χ1n) is 14.7. The van der Waals surface area contributed by atoms with Gasteiger partial charge >= 0.3 is 0 Å². The summed E-state index contributed by atoms with van der Waals surface area (Å²) in [5, 5.41) is 8.63. The predicted molar refractivity (Wildman–Crippen MR) is 172 cm³/mol. The van der Waals surface area contributed by atoms with Gasteiger partial charge in [-0.15, -0.1) is 5.10 Å². The van der Waals surface area contributed by atoms with Crippen molar-refractivity contribution in [2.24, 2.45) is 0 Å². The van der Waals surface area contributed by atoms with Gasteiger partial charge in [-0.05, 0) is 104 Å². The van der Waals surface area contributed by atoms with Gasteiger partial charge in [-0.3, -0.25) is 0 Å². The molecular weight excluding hydrogens is 543 g/mol. The normalized spacial score (nSPS) is 13.0. The van der Waals surface area contributed by atoms with Crippen LogP contribution in [0.1, 0.15) is 71.9 Å². The molecule has 5 aromatic rings. The Morgan fingerprint density at radius 1 is 1.00 bits per heavy atom. The molecule has 0 fully saturated rings. The first kappa shape index (κ1) is 28.2. The van der Waals surface area contributed by atoms with Crippen molar-refractivity contribution in [3.8, 4) is 16.9 Å². The number of hydrogen-bond donors (Lipinski definition) is 1. The van der Waals surface area contributed by atoms with Crippen LogP contribution in [0.15, 0.2) is 60.7 Å². The molecule has 6 rings (SSSR count). The summed E-state index contributed by atoms with van der Waals surface area (Å²) in [4.78, 5) is 0.581. The molecule has 0 saturated heterocycles. The zero-order chi connectivity index (χ0) is 29.5. The van der Waals surface area contributed by atoms with Crippen LogP contribution in [0.2, 0.25) is 0 Å². The summed E-state index contributed by atoms with van der Waals surface area (Å²) >= 11 is 6.10. The van der Waals surface area contributed by atoms with Gasteiger partial charge in [0.2, 0.25) is 0 Å². The topological polar surface area (TPSA) is 43.5 Å². The van der Waals surface area contributed by atoms with E-state index >= 15 is 0 Å². The van der Waals surface area contributed by atoms with Crippen LogP contribution in [-0.2, 0) is 19.6 Å². The van der Waals surface area contributed by atoms with Crippen LogP contribution in [0.25, 0.3) is 16.8 Å². The molecule has 0 saturated carbocycles. The Hall–Kier alpha value is -3.97. The molecule has 5 nitrogen and oxygen atoms in total. The molecule has 2 aromatic heterocycles. The Kier molecular flexibility index (Phi) is 7.62. The van der Waals surface area contributed by atoms with E-state index in [0.29, 0.717) is 17.5 Å². The fraction of sp³-hybridized carbons (Fsp3) is 0.314. The number of nitrogens with one attached hydrogen (secondary N) is 1. The van der Waals surface area contributed by atoms with E-state index in [4.69, 9.17) is 22.1 Å². The number of rotatable bonds is 7. The van der Waals surface area contributed by atoms with Crippen molar-refractivity contribution in [3.05, 3.63) is 106 Å². The van der Waals surface area contributed by atoms with E-state index in [1.54, 1.807) is 0 Å². The van der Waals surface area contributed by atoms with Gasteiger partial charge in [-0.1, -0.05) is 56.4 Å². The number of hydrogen-bond acceptors (Lipinski definition) is 3. The molecule has 3 aromatic carbocycles. The fourth-order valence-electron chi connectivity index (χ4n) is 5.94. The molecule has 0 atom stereocenters. The summed E-state index contributed by atoms with van der Waals surface area (Å²) in [6.45, 7) is 11.9. The molecule has 1 aliphatic rings. The largest absolute Gasteiger partial charge is 0.485 e. The molecule has 7 heteroatoms. The van der Waals surface area contributed by atoms with E-state index in [0.717, 1.165) is 65.5 Å². The lowest BCUT2D eigenvalue weighted by Crippen LogP contribution is -2.15. The highest BCUT2D eigenvalue weighted by Crippen LogP contribution is 2.38. The number of anilines is 1. The number of halogens is 1. The SMILES string of the molecule is Cc1ccc(C(C)C)c(OCc2nn3c(C(=S)Nc4ccc(C)c(C)c4)c(-c4ccc(F)cc4)c4c3n2CCCC4)c1. The molecule has 1 N–H and O–H groups in total. The maximum Gasteiger partial charge on any atom is 0.169 e. The van der Waals surface area contributed by atoms with Gasteiger partial charge < -0.3 is 14.6 Å². The Labute approximate surface area is 252 Å². The smallest absolute Gasteiger partial charge is 0.169 e. The van der Waals surface area contributed by atoms with Gasteiger partial charge in [0.25, 0.3) is 0 Å². The summed E-state index contributed by atoms with van der Waals surface area (Å²) in [5.41, 5.74) is 10.7. The quantitative estimate of drug-likeness (QED) is 0.196. The second-order valence-corrected chi connectivity index (χ2v) is 12.1. The molecule has 216 valence electrons. The van der Waals surface area contributed by atoms with Crippen molar-refractivity contribution in [2.45, 2.75) is 73.0 Å². The van der Waals surface area contributed by atoms with E-state index < -0.39 is 0 Å². The van der Waals surface area contributed by atoms with E-state index in [9.17, 15) is 4.39 Å². The third-order valence-corrected chi connectivity index (χ3v) is 8.62. The average molecular weight is 581 g/mol. The minimum absolute atomic E-state index is 0.259. The molecule has 42 heavy (non-hydrogen) atoms. The van der Waals surface area contributed by atoms with Gasteiger partial charge in [0.15, 0.2) is 5.82 Å². The van der Waals surface area contributed by atoms with E-state index in [-0.39, 0.29) is 5.82 Å². The highest BCUT2D eigenvalue weighted by molar-refractivity contribution is 7.81. The Bertz CT molecular complexity index is 1800. The van der Waals surface area contributed by atoms with Crippen LogP contribution >= 0.6 is 12.2 Å². The third-order valence-electron chi connectivity index (χ3n) is 8.32. The van der Waals surface area contributed by atoms with E-state index in [1.807, 2.05) is 22.7 Å². The lowest BCUT2D eigenvalue weighted by atomic mass is 9.98. The van der Waals surface area contributed by atoms with Crippen LogP contribution < -0.4 is 10.1 Å². The van der Waals surface area contributed by atoms with Crippen LogP contribution in [0, 0.1) is 26.6 Å². The Morgan fingerprint density at radius 2 is 1.79 bits per heavy atom. The summed E-state index contributed by atoms with van der Waals surface area (Å²) in [6, 6.07) is 19.4. The number of nitrogens with zero attached hydrogens (tertiary/aromatic N) is 3. The first-order chi connectivity index (χ1) is 20.2. The van der Waals surface area contributed by atoms with Gasteiger partial charge in [-0.2, -0.15) is 0 Å². The van der Waals surface area contributed by atoms with Gasteiger partial charge in [0.05, 0.1) is 0 Å². The third kappa shape index (κ3) is 5.22. The number of aryl methyl sites for hydroxylation is 5. The molecule has 0 aliphatic carbocycles. The molecule has 3 heterocycles. The minimum atomic E-state index is -0.259. The Balaban J connectivity index is 1.48. The van der Waals surface area contributed by atoms with Gasteiger partial charge in [0.1, 0.15) is 34.5 Å². The van der Waals surface area contributed by atoms with Crippen molar-refractivity contribution < 1.29 is 9.13 Å². The van der Waals surface area contributed by atoms with Gasteiger partial charge in [-0.25, -0.2) is 8.91 Å². The highest BCUT2D eigenvalue weighted by atomic mass is 32.1. The Morgan fingerprint density at radius 3 is 2.52 bits per heavy atom. The lowest BCUT2D eigenvalue weighted by molar-refractivity contribution is 0.284. The summed E-state index contributed by atoms with van der Waals surface area (Å²) in [6.07, 6.45) is 2.98. The van der Waals surface area contributed by atoms with Gasteiger partial charge in [0, 0.05) is 23.4 Å². The fourth-order valence-corrected chi connectivity index (χ4v) is 6.25. The van der Waals surface area contributed by atoms with Crippen molar-refractivity contribution in [3.63, 3.8) is 0 Å². The molecule has 0 unspecified atom stereocenters. The van der Waals surface area contributed by atoms with Crippen LogP contribution in [0.3, 0.4) is 0 Å². The maximum atomic E-state index is 14.0. The zero-order valence-corrected chi connectivity index (χ0v) is 25.7. The number of aromatic nitrogens is 3. The van der Waals surface area contributed by atoms with Crippen molar-refractivity contribution in [1.82, 2.24) is 14.2 Å². The number of ether oxygens (including phenoxy) is 1. The molecule has 1 aliphatic heterocycles. The van der Waals surface area contributed by atoms with Crippen LogP contribution in [-0.4, -0.2) is 19.2 Å². The summed E-state index contributed by atoms with van der Waals surface area (Å²) in [7, 11) is 0.